The van der Waals surface area contributed by atoms with Gasteiger partial charge in [0.15, 0.2) is 0 Å². The zero-order chi connectivity index (χ0) is 9.68. The largest absolute Gasteiger partial charge is 0.381 e. The molecule has 0 bridgehead atoms. The number of hydrogen-bond acceptors (Lipinski definition) is 2. The third-order valence-corrected chi connectivity index (χ3v) is 2.70. The van der Waals surface area contributed by atoms with Crippen molar-refractivity contribution in [3.05, 3.63) is 0 Å². The predicted octanol–water partition coefficient (Wildman–Crippen LogP) is 1.19. The molecular weight excluding hydrogens is 166 g/mol. The molecule has 0 aromatic heterocycles. The Morgan fingerprint density at radius 2 is 2.38 bits per heavy atom. The number of ether oxygens (including phenoxy) is 1. The van der Waals surface area contributed by atoms with Crippen molar-refractivity contribution in [3.8, 4) is 0 Å². The summed E-state index contributed by atoms with van der Waals surface area (Å²) < 4.78 is 5.33. The van der Waals surface area contributed by atoms with Gasteiger partial charge in [0, 0.05) is 26.2 Å². The van der Waals surface area contributed by atoms with E-state index in [1.807, 2.05) is 6.92 Å². The van der Waals surface area contributed by atoms with Crippen LogP contribution < -0.4 is 5.32 Å². The van der Waals surface area contributed by atoms with E-state index in [4.69, 9.17) is 4.74 Å². The summed E-state index contributed by atoms with van der Waals surface area (Å²) >= 11 is 0. The molecule has 3 nitrogen and oxygen atoms in total. The lowest BCUT2D eigenvalue weighted by atomic mass is 9.90. The van der Waals surface area contributed by atoms with Crippen molar-refractivity contribution in [3.63, 3.8) is 0 Å². The summed E-state index contributed by atoms with van der Waals surface area (Å²) in [6.45, 7) is 6.56. The molecule has 1 rings (SSSR count). The average Bonchev–Trinajstić information content (AvgIpc) is 2.16. The quantitative estimate of drug-likeness (QED) is 0.717. The number of nitrogens with one attached hydrogen (secondary N) is 1. The van der Waals surface area contributed by atoms with E-state index >= 15 is 0 Å². The van der Waals surface area contributed by atoms with E-state index < -0.39 is 0 Å². The van der Waals surface area contributed by atoms with Crippen molar-refractivity contribution in [1.82, 2.24) is 5.32 Å². The molecule has 0 saturated carbocycles. The first-order valence-electron chi connectivity index (χ1n) is 5.08. The normalized spacial score (nSPS) is 28.5. The van der Waals surface area contributed by atoms with Gasteiger partial charge in [-0.1, -0.05) is 13.8 Å². The topological polar surface area (TPSA) is 38.3 Å². The van der Waals surface area contributed by atoms with Crippen LogP contribution in [-0.2, 0) is 9.53 Å². The van der Waals surface area contributed by atoms with Crippen LogP contribution >= 0.6 is 0 Å². The minimum Gasteiger partial charge on any atom is -0.381 e. The molecule has 1 N–H and O–H groups in total. The minimum absolute atomic E-state index is 0.152. The highest BCUT2D eigenvalue weighted by Gasteiger charge is 2.21. The third kappa shape index (κ3) is 3.35. The minimum atomic E-state index is 0.152. The van der Waals surface area contributed by atoms with E-state index in [2.05, 4.69) is 12.2 Å². The fraction of sp³-hybridized carbons (Fsp3) is 0.900. The summed E-state index contributed by atoms with van der Waals surface area (Å²) in [5, 5.41) is 2.94. The van der Waals surface area contributed by atoms with Gasteiger partial charge in [0.1, 0.15) is 0 Å². The Labute approximate surface area is 79.8 Å². The van der Waals surface area contributed by atoms with E-state index in [9.17, 15) is 4.79 Å². The summed E-state index contributed by atoms with van der Waals surface area (Å²) in [5.41, 5.74) is 0. The molecule has 1 aliphatic heterocycles. The van der Waals surface area contributed by atoms with Crippen molar-refractivity contribution in [2.45, 2.75) is 26.7 Å². The monoisotopic (exact) mass is 185 g/mol. The van der Waals surface area contributed by atoms with Crippen LogP contribution in [0.1, 0.15) is 26.7 Å². The summed E-state index contributed by atoms with van der Waals surface area (Å²) in [7, 11) is 0. The fourth-order valence-corrected chi connectivity index (χ4v) is 1.60. The molecule has 1 amide bonds. The first kappa shape index (κ1) is 10.5. The molecule has 0 radical (unpaired) electrons. The Kier molecular flexibility index (Phi) is 4.22. The smallest absolute Gasteiger partial charge is 0.219 e. The number of carbonyl (C=O) groups is 1. The van der Waals surface area contributed by atoms with E-state index in [0.717, 1.165) is 26.2 Å². The van der Waals surface area contributed by atoms with Crippen molar-refractivity contribution < 1.29 is 9.53 Å². The van der Waals surface area contributed by atoms with Gasteiger partial charge < -0.3 is 10.1 Å². The standard InChI is InChI=1S/C10H19NO2/c1-3-10(12)11-6-9-4-5-13-7-8(9)2/h8-9H,3-7H2,1-2H3,(H,11,12). The van der Waals surface area contributed by atoms with Crippen LogP contribution in [0.2, 0.25) is 0 Å². The van der Waals surface area contributed by atoms with Crippen LogP contribution in [0.4, 0.5) is 0 Å². The molecule has 1 aliphatic rings. The molecule has 1 saturated heterocycles. The highest BCUT2D eigenvalue weighted by atomic mass is 16.5. The van der Waals surface area contributed by atoms with Gasteiger partial charge in [-0.15, -0.1) is 0 Å². The molecule has 0 spiro atoms. The average molecular weight is 185 g/mol. The van der Waals surface area contributed by atoms with E-state index in [1.54, 1.807) is 0 Å². The summed E-state index contributed by atoms with van der Waals surface area (Å²) in [6, 6.07) is 0. The molecule has 1 fully saturated rings. The highest BCUT2D eigenvalue weighted by Crippen LogP contribution is 2.20. The van der Waals surface area contributed by atoms with E-state index in [-0.39, 0.29) is 5.91 Å². The van der Waals surface area contributed by atoms with Gasteiger partial charge in [-0.25, -0.2) is 0 Å². The maximum atomic E-state index is 11.0. The molecule has 76 valence electrons. The Bertz CT molecular complexity index is 170. The van der Waals surface area contributed by atoms with Gasteiger partial charge in [0.05, 0.1) is 0 Å². The number of hydrogen-bond donors (Lipinski definition) is 1. The zero-order valence-electron chi connectivity index (χ0n) is 8.51. The fourth-order valence-electron chi connectivity index (χ4n) is 1.60. The third-order valence-electron chi connectivity index (χ3n) is 2.70. The highest BCUT2D eigenvalue weighted by molar-refractivity contribution is 5.75. The van der Waals surface area contributed by atoms with Crippen molar-refractivity contribution >= 4 is 5.91 Å². The molecule has 2 atom stereocenters. The molecule has 0 aromatic carbocycles. The van der Waals surface area contributed by atoms with Gasteiger partial charge in [-0.3, -0.25) is 4.79 Å². The Hall–Kier alpha value is -0.570. The number of carbonyl (C=O) groups excluding carboxylic acids is 1. The molecular formula is C10H19NO2. The van der Waals surface area contributed by atoms with Gasteiger partial charge in [0.2, 0.25) is 5.91 Å². The molecule has 1 heterocycles. The molecule has 0 aliphatic carbocycles. The van der Waals surface area contributed by atoms with Crippen LogP contribution in [0.15, 0.2) is 0 Å². The summed E-state index contributed by atoms with van der Waals surface area (Å²) in [5.74, 6) is 1.33. The summed E-state index contributed by atoms with van der Waals surface area (Å²) in [4.78, 5) is 11.0. The Morgan fingerprint density at radius 1 is 1.62 bits per heavy atom. The van der Waals surface area contributed by atoms with Crippen LogP contribution in [0.5, 0.6) is 0 Å². The van der Waals surface area contributed by atoms with Crippen LogP contribution in [0.25, 0.3) is 0 Å². The molecule has 3 heteroatoms. The van der Waals surface area contributed by atoms with Crippen molar-refractivity contribution in [2.75, 3.05) is 19.8 Å². The Balaban J connectivity index is 2.22. The van der Waals surface area contributed by atoms with Gasteiger partial charge in [-0.05, 0) is 18.3 Å². The zero-order valence-corrected chi connectivity index (χ0v) is 8.51. The first-order chi connectivity index (χ1) is 6.24. The van der Waals surface area contributed by atoms with Crippen LogP contribution in [0, 0.1) is 11.8 Å². The molecule has 2 unspecified atom stereocenters. The van der Waals surface area contributed by atoms with Gasteiger partial charge >= 0.3 is 0 Å². The SMILES string of the molecule is CCC(=O)NCC1CCOCC1C. The van der Waals surface area contributed by atoms with Gasteiger partial charge in [0.25, 0.3) is 0 Å². The Morgan fingerprint density at radius 3 is 3.00 bits per heavy atom. The lowest BCUT2D eigenvalue weighted by Gasteiger charge is -2.28. The molecule has 13 heavy (non-hydrogen) atoms. The second kappa shape index (κ2) is 5.22. The second-order valence-corrected chi connectivity index (χ2v) is 3.76. The predicted molar refractivity (Wildman–Crippen MR) is 51.4 cm³/mol. The second-order valence-electron chi connectivity index (χ2n) is 3.76. The van der Waals surface area contributed by atoms with Crippen LogP contribution in [0.3, 0.4) is 0 Å². The first-order valence-corrected chi connectivity index (χ1v) is 5.08. The van der Waals surface area contributed by atoms with Crippen molar-refractivity contribution in [1.29, 1.82) is 0 Å². The maximum Gasteiger partial charge on any atom is 0.219 e. The lowest BCUT2D eigenvalue weighted by molar-refractivity contribution is -0.121. The lowest BCUT2D eigenvalue weighted by Crippen LogP contribution is -2.36. The van der Waals surface area contributed by atoms with E-state index in [1.165, 1.54) is 0 Å². The van der Waals surface area contributed by atoms with E-state index in [0.29, 0.717) is 18.3 Å². The number of rotatable bonds is 3. The van der Waals surface area contributed by atoms with Crippen LogP contribution in [-0.4, -0.2) is 25.7 Å². The number of amides is 1. The maximum absolute atomic E-state index is 11.0. The van der Waals surface area contributed by atoms with Gasteiger partial charge in [-0.2, -0.15) is 0 Å². The molecule has 0 aromatic rings. The summed E-state index contributed by atoms with van der Waals surface area (Å²) in [6.07, 6.45) is 1.66. The van der Waals surface area contributed by atoms with Crippen molar-refractivity contribution in [2.24, 2.45) is 11.8 Å².